The van der Waals surface area contributed by atoms with Gasteiger partial charge in [-0.25, -0.2) is 0 Å². The molecule has 0 fully saturated rings. The van der Waals surface area contributed by atoms with Gasteiger partial charge in [-0.15, -0.1) is 0 Å². The predicted molar refractivity (Wildman–Crippen MR) is 228 cm³/mol. The van der Waals surface area contributed by atoms with Gasteiger partial charge in [-0.05, 0) is 94.1 Å². The molecule has 4 aliphatic rings. The lowest BCUT2D eigenvalue weighted by atomic mass is 9.76. The lowest BCUT2D eigenvalue weighted by molar-refractivity contribution is 0.102. The van der Waals surface area contributed by atoms with E-state index in [9.17, 15) is 30.0 Å². The summed E-state index contributed by atoms with van der Waals surface area (Å²) in [6.07, 6.45) is 0. The van der Waals surface area contributed by atoms with E-state index in [1.165, 1.54) is 12.1 Å². The third-order valence-corrected chi connectivity index (χ3v) is 12.8. The molecule has 0 saturated heterocycles. The number of fused-ring (bicyclic) bond motifs is 8. The molecule has 2 aliphatic heterocycles. The van der Waals surface area contributed by atoms with E-state index in [1.807, 2.05) is 71.0 Å². The topological polar surface area (TPSA) is 152 Å². The first-order valence-electron chi connectivity index (χ1n) is 20.0. The first-order valence-corrected chi connectivity index (χ1v) is 20.0. The van der Waals surface area contributed by atoms with Gasteiger partial charge in [0.05, 0.1) is 50.5 Å². The number of aryl methyl sites for hydroxylation is 1. The fraction of sp³-hybridized carbons (Fsp3) is 0.143. The Morgan fingerprint density at radius 2 is 1.03 bits per heavy atom. The minimum absolute atomic E-state index is 0.00554. The van der Waals surface area contributed by atoms with Crippen LogP contribution in [0, 0.1) is 6.92 Å². The molecule has 1 atom stereocenters. The Balaban J connectivity index is 1.20. The summed E-state index contributed by atoms with van der Waals surface area (Å²) in [5.41, 5.74) is 4.60. The van der Waals surface area contributed by atoms with Gasteiger partial charge in [0, 0.05) is 50.0 Å². The van der Waals surface area contributed by atoms with Gasteiger partial charge in [-0.3, -0.25) is 9.59 Å². The molecule has 8 aromatic rings. The van der Waals surface area contributed by atoms with Crippen LogP contribution >= 0.6 is 0 Å². The van der Waals surface area contributed by atoms with Gasteiger partial charge in [0.2, 0.25) is 5.78 Å². The maximum atomic E-state index is 14.5. The lowest BCUT2D eigenvalue weighted by Crippen LogP contribution is -2.62. The van der Waals surface area contributed by atoms with E-state index in [0.717, 1.165) is 21.9 Å². The summed E-state index contributed by atoms with van der Waals surface area (Å²) in [7, 11) is 0. The maximum absolute atomic E-state index is 14.5. The van der Waals surface area contributed by atoms with Crippen LogP contribution in [0.25, 0.3) is 65.3 Å². The van der Waals surface area contributed by atoms with Gasteiger partial charge in [0.25, 0.3) is 0 Å². The first kappa shape index (κ1) is 34.6. The minimum atomic E-state index is -3.39. The number of benzene rings is 8. The first-order chi connectivity index (χ1) is 28.7. The largest absolute Gasteiger partial charge is 0.777 e. The van der Waals surface area contributed by atoms with E-state index < -0.39 is 12.7 Å². The molecule has 4 N–H and O–H groups in total. The monoisotopic (exact) mass is 793 g/mol. The average Bonchev–Trinajstić information content (AvgIpc) is 3.19. The second-order valence-corrected chi connectivity index (χ2v) is 17.0. The van der Waals surface area contributed by atoms with Crippen molar-refractivity contribution in [2.45, 2.75) is 46.5 Å². The zero-order valence-corrected chi connectivity index (χ0v) is 33.0. The highest BCUT2D eigenvalue weighted by Crippen LogP contribution is 2.60. The van der Waals surface area contributed by atoms with E-state index >= 15 is 0 Å². The average molecular weight is 794 g/mol. The fourth-order valence-corrected chi connectivity index (χ4v) is 10.1. The summed E-state index contributed by atoms with van der Waals surface area (Å²) in [6.45, 7) is 6.41. The van der Waals surface area contributed by atoms with Crippen molar-refractivity contribution < 1.29 is 48.6 Å². The third-order valence-electron chi connectivity index (χ3n) is 12.8. The number of hydrogen-bond donors (Lipinski definition) is 4. The van der Waals surface area contributed by atoms with Crippen molar-refractivity contribution in [2.75, 3.05) is 0 Å². The van der Waals surface area contributed by atoms with Crippen LogP contribution < -0.4 is 18.6 Å². The van der Waals surface area contributed by atoms with E-state index in [4.69, 9.17) is 18.6 Å². The van der Waals surface area contributed by atoms with Crippen LogP contribution in [-0.2, 0) is 0 Å². The molecule has 0 aromatic heterocycles. The van der Waals surface area contributed by atoms with Crippen molar-refractivity contribution in [3.63, 3.8) is 0 Å². The predicted octanol–water partition coefficient (Wildman–Crippen LogP) is 10.8. The smallest absolute Gasteiger partial charge is 0.611 e. The van der Waals surface area contributed by atoms with Gasteiger partial charge in [0.15, 0.2) is 5.78 Å². The standard InChI is InChI=1S/C49H34BO10/c1-19(2)22-13-28-38(32(53)15-22)46(55)27-10-6-8-25-26-9-7-11-34-40(26)48(42(28)37(25)27)59-50(57-34)58-35-18-24(51)17-30-36-21(5)12-31(52)44-45(36)43(49(60-50)41(30)35)29-14-23(20(3)4)16-33(54)39(29)47(44)56/h6-20,51-54H,1-5H3/q-1. The van der Waals surface area contributed by atoms with Crippen molar-refractivity contribution in [1.29, 1.82) is 0 Å². The zero-order valence-electron chi connectivity index (χ0n) is 33.0. The minimum Gasteiger partial charge on any atom is -0.611 e. The Morgan fingerprint density at radius 3 is 1.68 bits per heavy atom. The second kappa shape index (κ2) is 11.2. The van der Waals surface area contributed by atoms with E-state index in [2.05, 4.69) is 0 Å². The quantitative estimate of drug-likeness (QED) is 0.0983. The molecule has 0 amide bonds. The number of hydrogen-bond acceptors (Lipinski definition) is 10. The number of rotatable bonds is 2. The van der Waals surface area contributed by atoms with Gasteiger partial charge >= 0.3 is 6.96 Å². The molecule has 0 saturated carbocycles. The molecule has 11 heteroatoms. The van der Waals surface area contributed by atoms with E-state index in [1.54, 1.807) is 30.3 Å². The summed E-state index contributed by atoms with van der Waals surface area (Å²) in [5, 5.41) is 50.6. The molecular weight excluding hydrogens is 759 g/mol. The van der Waals surface area contributed by atoms with Crippen molar-refractivity contribution in [3.05, 3.63) is 118 Å². The molecule has 2 heterocycles. The van der Waals surface area contributed by atoms with Crippen LogP contribution in [0.4, 0.5) is 0 Å². The SMILES string of the molecule is Cc1cc(O)c2c3c(c4c5c(cc(O)cc5c13)O[B-]1(Oc3cccc5c3c(c3c6c(cccc65)C(=O)c5c(O)cc(C(C)C)cc5-3)O1)O4)-c1cc(C(C)C)cc(O)c1C2=O. The van der Waals surface area contributed by atoms with Gasteiger partial charge in [-0.2, -0.15) is 0 Å². The lowest BCUT2D eigenvalue weighted by Gasteiger charge is -2.48. The van der Waals surface area contributed by atoms with Crippen molar-refractivity contribution >= 4 is 61.6 Å². The molecule has 294 valence electrons. The highest BCUT2D eigenvalue weighted by molar-refractivity contribution is 6.60. The second-order valence-electron chi connectivity index (χ2n) is 17.0. The number of phenolic OH excluding ortho intramolecular Hbond substituents is 4. The Labute approximate surface area is 341 Å². The summed E-state index contributed by atoms with van der Waals surface area (Å²) < 4.78 is 27.7. The molecule has 12 rings (SSSR count). The third kappa shape index (κ3) is 4.18. The molecule has 1 unspecified atom stereocenters. The fourth-order valence-electron chi connectivity index (χ4n) is 10.1. The van der Waals surface area contributed by atoms with Crippen molar-refractivity contribution in [3.8, 4) is 68.2 Å². The van der Waals surface area contributed by atoms with Crippen LogP contribution in [0.15, 0.2) is 78.9 Å². The summed E-state index contributed by atoms with van der Waals surface area (Å²) in [6, 6.07) is 22.6. The number of ketones is 2. The molecule has 2 aliphatic carbocycles. The molecule has 0 bridgehead atoms. The molecule has 60 heavy (non-hydrogen) atoms. The van der Waals surface area contributed by atoms with E-state index in [-0.39, 0.29) is 68.8 Å². The van der Waals surface area contributed by atoms with Crippen LogP contribution in [0.1, 0.15) is 88.1 Å². The van der Waals surface area contributed by atoms with Crippen LogP contribution in [0.3, 0.4) is 0 Å². The summed E-state index contributed by atoms with van der Waals surface area (Å²) in [5.74, 6) is -0.666. The highest BCUT2D eigenvalue weighted by atomic mass is 16.9. The van der Waals surface area contributed by atoms with E-state index in [0.29, 0.717) is 77.2 Å². The summed E-state index contributed by atoms with van der Waals surface area (Å²) >= 11 is 0. The maximum Gasteiger partial charge on any atom is 0.777 e. The zero-order chi connectivity index (χ0) is 41.4. The Hall–Kier alpha value is -7.40. The van der Waals surface area contributed by atoms with Crippen molar-refractivity contribution in [1.82, 2.24) is 0 Å². The van der Waals surface area contributed by atoms with Crippen LogP contribution in [0.2, 0.25) is 0 Å². The number of aromatic hydroxyl groups is 4. The molecular formula is C49H34BO10-. The Bertz CT molecular complexity index is 3440. The van der Waals surface area contributed by atoms with Crippen molar-refractivity contribution in [2.24, 2.45) is 0 Å². The molecule has 0 radical (unpaired) electrons. The molecule has 10 nitrogen and oxygen atoms in total. The number of carbonyl (C=O) groups excluding carboxylic acids is 2. The van der Waals surface area contributed by atoms with Crippen LogP contribution in [-0.4, -0.2) is 38.9 Å². The van der Waals surface area contributed by atoms with Crippen LogP contribution in [0.5, 0.6) is 46.0 Å². The summed E-state index contributed by atoms with van der Waals surface area (Å²) in [4.78, 5) is 28.8. The van der Waals surface area contributed by atoms with Gasteiger partial charge < -0.3 is 39.0 Å². The molecule has 1 spiro atoms. The number of phenols is 4. The highest BCUT2D eigenvalue weighted by Gasteiger charge is 2.52. The van der Waals surface area contributed by atoms with Gasteiger partial charge in [-0.1, -0.05) is 58.0 Å². The molecule has 8 aromatic carbocycles. The Kier molecular flexibility index (Phi) is 6.47. The Morgan fingerprint density at radius 1 is 0.483 bits per heavy atom. The number of carbonyl (C=O) groups is 2. The van der Waals surface area contributed by atoms with Gasteiger partial charge in [0.1, 0.15) is 23.0 Å². The normalized spacial score (nSPS) is 16.6.